The highest BCUT2D eigenvalue weighted by molar-refractivity contribution is 7.00. The molecule has 0 aromatic heterocycles. The monoisotopic (exact) mass is 721 g/mol. The van der Waals surface area contributed by atoms with E-state index < -0.39 is 14.4 Å². The molecule has 1 unspecified atom stereocenters. The molecule has 1 saturated heterocycles. The highest BCUT2D eigenvalue weighted by Gasteiger charge is 2.52. The molecule has 1 heterocycles. The SMILES string of the molecule is CCCCCC(=O)N1CCC(Nc2ccc(CCNCC(O)COc3ccc(O[Si](c4ccccc4)(c4ccccc4)C(C)(C)C)cc3)cc2)CC1. The Morgan fingerprint density at radius 3 is 2.02 bits per heavy atom. The van der Waals surface area contributed by atoms with Gasteiger partial charge in [-0.3, -0.25) is 4.79 Å². The minimum atomic E-state index is -2.71. The average Bonchev–Trinajstić information content (AvgIpc) is 3.16. The smallest absolute Gasteiger partial charge is 0.319 e. The summed E-state index contributed by atoms with van der Waals surface area (Å²) in [5.41, 5.74) is 2.37. The molecule has 1 fully saturated rings. The second kappa shape index (κ2) is 19.1. The first kappa shape index (κ1) is 39.1. The first-order valence-electron chi connectivity index (χ1n) is 19.2. The molecule has 278 valence electrons. The number of hydrogen-bond acceptors (Lipinski definition) is 6. The Labute approximate surface area is 312 Å². The van der Waals surface area contributed by atoms with E-state index in [-0.39, 0.29) is 11.6 Å². The van der Waals surface area contributed by atoms with E-state index >= 15 is 0 Å². The Hall–Kier alpha value is -4.11. The van der Waals surface area contributed by atoms with Gasteiger partial charge in [-0.25, -0.2) is 0 Å². The van der Waals surface area contributed by atoms with Gasteiger partial charge in [0.1, 0.15) is 24.2 Å². The zero-order valence-electron chi connectivity index (χ0n) is 31.7. The molecule has 1 aliphatic heterocycles. The van der Waals surface area contributed by atoms with E-state index in [1.807, 2.05) is 29.2 Å². The normalized spacial score (nSPS) is 14.5. The summed E-state index contributed by atoms with van der Waals surface area (Å²) >= 11 is 0. The molecular formula is C44H59N3O4Si. The number of aliphatic hydroxyl groups is 1. The molecule has 0 bridgehead atoms. The van der Waals surface area contributed by atoms with Gasteiger partial charge >= 0.3 is 8.32 Å². The van der Waals surface area contributed by atoms with Gasteiger partial charge in [0.05, 0.1) is 0 Å². The molecule has 1 amide bonds. The highest BCUT2D eigenvalue weighted by atomic mass is 28.4. The molecule has 4 aromatic carbocycles. The molecule has 8 heteroatoms. The van der Waals surface area contributed by atoms with Gasteiger partial charge in [-0.2, -0.15) is 0 Å². The van der Waals surface area contributed by atoms with Crippen molar-refractivity contribution in [2.45, 2.75) is 89.8 Å². The van der Waals surface area contributed by atoms with Crippen molar-refractivity contribution in [1.82, 2.24) is 10.2 Å². The second-order valence-corrected chi connectivity index (χ2v) is 19.3. The van der Waals surface area contributed by atoms with Crippen LogP contribution in [0.15, 0.2) is 109 Å². The largest absolute Gasteiger partial charge is 0.534 e. The average molecular weight is 722 g/mol. The molecule has 52 heavy (non-hydrogen) atoms. The van der Waals surface area contributed by atoms with Gasteiger partial charge in [0.25, 0.3) is 0 Å². The summed E-state index contributed by atoms with van der Waals surface area (Å²) in [6.07, 6.45) is 6.18. The molecule has 3 N–H and O–H groups in total. The highest BCUT2D eigenvalue weighted by Crippen LogP contribution is 2.38. The third-order valence-corrected chi connectivity index (χ3v) is 15.0. The molecule has 0 spiro atoms. The topological polar surface area (TPSA) is 83.1 Å². The van der Waals surface area contributed by atoms with Crippen molar-refractivity contribution >= 4 is 30.3 Å². The van der Waals surface area contributed by atoms with E-state index in [0.717, 1.165) is 69.6 Å². The summed E-state index contributed by atoms with van der Waals surface area (Å²) in [6, 6.07) is 38.0. The maximum atomic E-state index is 12.4. The van der Waals surface area contributed by atoms with Gasteiger partial charge in [0.2, 0.25) is 5.91 Å². The standard InChI is InChI=1S/C44H59N3O4Si/c1-5-6-9-18-43(49)47-31-28-37(29-32-47)46-36-21-19-35(20-22-36)27-30-45-33-38(48)34-50-39-23-25-40(26-24-39)51-52(44(2,3)4,41-14-10-7-11-15-41)42-16-12-8-13-17-42/h7-8,10-17,19-26,37-38,45-46,48H,5-6,9,18,27-34H2,1-4H3. The number of amides is 1. The number of unbranched alkanes of at least 4 members (excludes halogenated alkanes) is 2. The zero-order valence-corrected chi connectivity index (χ0v) is 32.7. The number of carbonyl (C=O) groups excluding carboxylic acids is 1. The first-order valence-corrected chi connectivity index (χ1v) is 21.1. The van der Waals surface area contributed by atoms with Gasteiger partial charge in [-0.1, -0.05) is 113 Å². The van der Waals surface area contributed by atoms with E-state index in [0.29, 0.717) is 30.7 Å². The predicted octanol–water partition coefficient (Wildman–Crippen LogP) is 7.18. The summed E-state index contributed by atoms with van der Waals surface area (Å²) in [4.78, 5) is 14.5. The minimum absolute atomic E-state index is 0.127. The fourth-order valence-electron chi connectivity index (χ4n) is 7.14. The van der Waals surface area contributed by atoms with Crippen molar-refractivity contribution in [3.05, 3.63) is 115 Å². The lowest BCUT2D eigenvalue weighted by Crippen LogP contribution is -2.68. The lowest BCUT2D eigenvalue weighted by Gasteiger charge is -2.43. The third kappa shape index (κ3) is 10.7. The number of aliphatic hydroxyl groups excluding tert-OH is 1. The molecule has 4 aromatic rings. The lowest BCUT2D eigenvalue weighted by atomic mass is 10.0. The number of rotatable bonds is 18. The second-order valence-electron chi connectivity index (χ2n) is 15.1. The summed E-state index contributed by atoms with van der Waals surface area (Å²) in [7, 11) is -2.71. The van der Waals surface area contributed by atoms with Gasteiger partial charge in [0, 0.05) is 37.8 Å². The molecule has 0 saturated carbocycles. The zero-order chi connectivity index (χ0) is 36.8. The number of likely N-dealkylation sites (tertiary alicyclic amines) is 1. The van der Waals surface area contributed by atoms with Crippen molar-refractivity contribution in [3.63, 3.8) is 0 Å². The molecule has 0 radical (unpaired) electrons. The Morgan fingerprint density at radius 2 is 1.44 bits per heavy atom. The van der Waals surface area contributed by atoms with Crippen LogP contribution in [-0.4, -0.2) is 69.2 Å². The summed E-state index contributed by atoms with van der Waals surface area (Å²) < 4.78 is 13.1. The number of nitrogens with one attached hydrogen (secondary N) is 2. The number of ether oxygens (including phenoxy) is 1. The van der Waals surface area contributed by atoms with Crippen LogP contribution in [0.4, 0.5) is 5.69 Å². The van der Waals surface area contributed by atoms with Crippen molar-refractivity contribution in [2.24, 2.45) is 0 Å². The van der Waals surface area contributed by atoms with Crippen LogP contribution in [0.25, 0.3) is 0 Å². The maximum absolute atomic E-state index is 12.4. The quantitative estimate of drug-likeness (QED) is 0.0747. The minimum Gasteiger partial charge on any atom is -0.534 e. The Bertz CT molecular complexity index is 1580. The molecule has 1 atom stereocenters. The molecule has 7 nitrogen and oxygen atoms in total. The van der Waals surface area contributed by atoms with Crippen LogP contribution in [0.5, 0.6) is 11.5 Å². The van der Waals surface area contributed by atoms with E-state index in [9.17, 15) is 9.90 Å². The fourth-order valence-corrected chi connectivity index (χ4v) is 11.6. The third-order valence-electron chi connectivity index (χ3n) is 10.1. The van der Waals surface area contributed by atoms with Gasteiger partial charge < -0.3 is 29.8 Å². The van der Waals surface area contributed by atoms with Crippen molar-refractivity contribution in [1.29, 1.82) is 0 Å². The van der Waals surface area contributed by atoms with Gasteiger partial charge in [-0.15, -0.1) is 0 Å². The van der Waals surface area contributed by atoms with Crippen LogP contribution in [-0.2, 0) is 11.2 Å². The summed E-state index contributed by atoms with van der Waals surface area (Å²) in [5.74, 6) is 1.82. The van der Waals surface area contributed by atoms with E-state index in [1.165, 1.54) is 15.9 Å². The number of benzene rings is 4. The number of anilines is 1. The number of piperidine rings is 1. The summed E-state index contributed by atoms with van der Waals surface area (Å²) in [5, 5.41) is 20.0. The molecular weight excluding hydrogens is 663 g/mol. The fraction of sp³-hybridized carbons (Fsp3) is 0.432. The van der Waals surface area contributed by atoms with E-state index in [2.05, 4.69) is 123 Å². The Morgan fingerprint density at radius 1 is 0.846 bits per heavy atom. The van der Waals surface area contributed by atoms with Crippen LogP contribution >= 0.6 is 0 Å². The van der Waals surface area contributed by atoms with Crippen LogP contribution in [0.1, 0.15) is 71.8 Å². The predicted molar refractivity (Wildman–Crippen MR) is 217 cm³/mol. The van der Waals surface area contributed by atoms with Crippen LogP contribution < -0.4 is 30.2 Å². The molecule has 5 rings (SSSR count). The number of nitrogens with zero attached hydrogens (tertiary/aromatic N) is 1. The van der Waals surface area contributed by atoms with Crippen LogP contribution in [0.3, 0.4) is 0 Å². The van der Waals surface area contributed by atoms with Crippen molar-refractivity contribution < 1.29 is 19.1 Å². The van der Waals surface area contributed by atoms with Crippen molar-refractivity contribution in [2.75, 3.05) is 38.1 Å². The first-order chi connectivity index (χ1) is 25.2. The van der Waals surface area contributed by atoms with Crippen molar-refractivity contribution in [3.8, 4) is 11.5 Å². The Kier molecular flexibility index (Phi) is 14.4. The van der Waals surface area contributed by atoms with E-state index in [1.54, 1.807) is 0 Å². The Balaban J connectivity index is 1.03. The van der Waals surface area contributed by atoms with Crippen LogP contribution in [0.2, 0.25) is 5.04 Å². The van der Waals surface area contributed by atoms with Gasteiger partial charge in [-0.05, 0) is 89.6 Å². The summed E-state index contributed by atoms with van der Waals surface area (Å²) in [6.45, 7) is 12.1. The number of hydrogen-bond donors (Lipinski definition) is 3. The van der Waals surface area contributed by atoms with Gasteiger partial charge in [0.15, 0.2) is 0 Å². The molecule has 1 aliphatic rings. The van der Waals surface area contributed by atoms with Crippen LogP contribution in [0, 0.1) is 0 Å². The molecule has 0 aliphatic carbocycles. The van der Waals surface area contributed by atoms with E-state index in [4.69, 9.17) is 9.16 Å². The maximum Gasteiger partial charge on any atom is 0.319 e. The lowest BCUT2D eigenvalue weighted by molar-refractivity contribution is -0.132. The number of carbonyl (C=O) groups is 1.